The van der Waals surface area contributed by atoms with Crippen LogP contribution in [-0.2, 0) is 25.8 Å². The fraction of sp³-hybridized carbons (Fsp3) is 0.586. The number of anilines is 1. The monoisotopic (exact) mass is 511 g/mol. The summed E-state index contributed by atoms with van der Waals surface area (Å²) in [5.74, 6) is 1.46. The molecule has 0 amide bonds. The van der Waals surface area contributed by atoms with Crippen LogP contribution in [0.4, 0.5) is 5.69 Å². The summed E-state index contributed by atoms with van der Waals surface area (Å²) in [6.45, 7) is 18.3. The van der Waals surface area contributed by atoms with Gasteiger partial charge in [-0.15, -0.1) is 11.6 Å². The van der Waals surface area contributed by atoms with Crippen LogP contribution in [0.5, 0.6) is 0 Å². The standard InChI is InChI=1S/C19H33N2Si.C9H12N.CH3.Sc/c1-19(2,3)20-22(4,5)18-14-17(21-12-8-9-13-21)15-10-6-7-11-16(15)18;1-8-6-4-5-7-9(8)10(2)3;;/h6-7,10-11,15-18H,8-9,12-14H2,1-5H3;4-7H,1H2,2-3H3;1H3;/q3*-1;+3. The largest absolute Gasteiger partial charge is 3.00 e. The molecule has 4 rings (SSSR count). The quantitative estimate of drug-likeness (QED) is 0.311. The van der Waals surface area contributed by atoms with Crippen molar-refractivity contribution >= 4 is 13.9 Å². The zero-order valence-electron chi connectivity index (χ0n) is 23.1. The van der Waals surface area contributed by atoms with Gasteiger partial charge in [-0.05, 0) is 58.3 Å². The first-order chi connectivity index (χ1) is 15.0. The van der Waals surface area contributed by atoms with Gasteiger partial charge in [0.25, 0.3) is 0 Å². The van der Waals surface area contributed by atoms with Gasteiger partial charge in [0.2, 0.25) is 0 Å². The van der Waals surface area contributed by atoms with E-state index in [0.717, 1.165) is 29.0 Å². The molecular formula is C29H48N3ScSi. The first-order valence-corrected chi connectivity index (χ1v) is 15.4. The van der Waals surface area contributed by atoms with Gasteiger partial charge in [-0.1, -0.05) is 89.8 Å². The van der Waals surface area contributed by atoms with Crippen LogP contribution in [0.25, 0.3) is 4.98 Å². The topological polar surface area (TPSA) is 20.6 Å². The molecule has 1 aliphatic heterocycles. The molecule has 4 atom stereocenters. The number of hydrogen-bond donors (Lipinski definition) is 0. The van der Waals surface area contributed by atoms with Crippen molar-refractivity contribution in [3.05, 3.63) is 73.5 Å². The average Bonchev–Trinajstić information content (AvgIpc) is 3.35. The van der Waals surface area contributed by atoms with Gasteiger partial charge in [0.05, 0.1) is 0 Å². The Morgan fingerprint density at radius 1 is 1.00 bits per heavy atom. The molecule has 5 heteroatoms. The summed E-state index contributed by atoms with van der Waals surface area (Å²) in [5.41, 5.74) is 3.16. The Labute approximate surface area is 231 Å². The van der Waals surface area contributed by atoms with E-state index in [2.05, 4.69) is 81.0 Å². The Balaban J connectivity index is 0.000000411. The van der Waals surface area contributed by atoms with Crippen molar-refractivity contribution in [2.75, 3.05) is 32.1 Å². The van der Waals surface area contributed by atoms with Crippen LogP contribution in [0.3, 0.4) is 0 Å². The molecule has 2 aliphatic carbocycles. The van der Waals surface area contributed by atoms with E-state index in [4.69, 9.17) is 4.98 Å². The summed E-state index contributed by atoms with van der Waals surface area (Å²) in [7, 11) is 2.44. The zero-order valence-corrected chi connectivity index (χ0v) is 25.9. The molecule has 2 fully saturated rings. The molecule has 0 spiro atoms. The molecule has 3 aliphatic rings. The van der Waals surface area contributed by atoms with Gasteiger partial charge in [0.15, 0.2) is 0 Å². The van der Waals surface area contributed by atoms with E-state index in [1.165, 1.54) is 38.0 Å². The number of fused-ring (bicyclic) bond motifs is 1. The number of likely N-dealkylation sites (tertiary alicyclic amines) is 1. The van der Waals surface area contributed by atoms with E-state index in [-0.39, 0.29) is 38.8 Å². The Morgan fingerprint density at radius 3 is 2.06 bits per heavy atom. The van der Waals surface area contributed by atoms with Crippen LogP contribution < -0.4 is 4.90 Å². The maximum absolute atomic E-state index is 5.34. The Hall–Kier alpha value is -0.623. The molecule has 3 nitrogen and oxygen atoms in total. The molecule has 0 aromatic heterocycles. The minimum absolute atomic E-state index is 0. The molecule has 1 aromatic carbocycles. The van der Waals surface area contributed by atoms with Crippen LogP contribution in [-0.4, -0.2) is 51.9 Å². The number of benzene rings is 1. The second kappa shape index (κ2) is 13.1. The summed E-state index contributed by atoms with van der Waals surface area (Å²) < 4.78 is 0. The molecule has 34 heavy (non-hydrogen) atoms. The first-order valence-electron chi connectivity index (χ1n) is 12.4. The summed E-state index contributed by atoms with van der Waals surface area (Å²) in [4.78, 5) is 10.2. The molecular weight excluding hydrogens is 463 g/mol. The van der Waals surface area contributed by atoms with Crippen LogP contribution in [0.15, 0.2) is 48.6 Å². The Kier molecular flexibility index (Phi) is 12.1. The molecule has 0 N–H and O–H groups in total. The predicted octanol–water partition coefficient (Wildman–Crippen LogP) is 7.34. The van der Waals surface area contributed by atoms with Gasteiger partial charge in [0.1, 0.15) is 0 Å². The average molecular weight is 512 g/mol. The second-order valence-corrected chi connectivity index (χ2v) is 15.8. The maximum atomic E-state index is 5.34. The van der Waals surface area contributed by atoms with Gasteiger partial charge < -0.3 is 17.3 Å². The van der Waals surface area contributed by atoms with Gasteiger partial charge in [-0.25, -0.2) is 0 Å². The van der Waals surface area contributed by atoms with E-state index >= 15 is 0 Å². The molecule has 1 saturated heterocycles. The third kappa shape index (κ3) is 7.94. The Bertz CT molecular complexity index is 806. The summed E-state index contributed by atoms with van der Waals surface area (Å²) in [6.07, 6.45) is 13.7. The summed E-state index contributed by atoms with van der Waals surface area (Å²) in [6, 6.07) is 8.84. The van der Waals surface area contributed by atoms with Crippen LogP contribution in [0.2, 0.25) is 18.6 Å². The molecule has 1 aromatic rings. The number of rotatable bonds is 4. The van der Waals surface area contributed by atoms with Crippen molar-refractivity contribution in [1.82, 2.24) is 4.90 Å². The SMILES string of the molecule is CC(C)(C)[N-][Si](C)(C)C1CC(N2CCCC2)C2C=CC=CC21.[CH2-]c1ccccc1N(C)C.[CH3-].[Sc+3]. The van der Waals surface area contributed by atoms with E-state index < -0.39 is 8.24 Å². The number of allylic oxidation sites excluding steroid dienone is 3. The Morgan fingerprint density at radius 2 is 1.56 bits per heavy atom. The number of hydrogen-bond acceptors (Lipinski definition) is 2. The molecule has 0 bridgehead atoms. The van der Waals surface area contributed by atoms with Crippen molar-refractivity contribution in [2.24, 2.45) is 11.8 Å². The van der Waals surface area contributed by atoms with Crippen molar-refractivity contribution in [1.29, 1.82) is 0 Å². The molecule has 1 heterocycles. The van der Waals surface area contributed by atoms with Crippen LogP contribution in [0, 0.1) is 26.2 Å². The third-order valence-corrected chi connectivity index (χ3v) is 10.9. The van der Waals surface area contributed by atoms with Gasteiger partial charge in [0, 0.05) is 6.04 Å². The third-order valence-electron chi connectivity index (χ3n) is 7.24. The van der Waals surface area contributed by atoms with Crippen molar-refractivity contribution in [3.8, 4) is 0 Å². The first kappa shape index (κ1) is 31.4. The molecule has 4 unspecified atom stereocenters. The molecule has 186 valence electrons. The maximum Gasteiger partial charge on any atom is 3.00 e. The van der Waals surface area contributed by atoms with Crippen molar-refractivity contribution in [3.63, 3.8) is 0 Å². The number of para-hydroxylation sites is 1. The minimum atomic E-state index is -1.59. The molecule has 0 radical (unpaired) electrons. The van der Waals surface area contributed by atoms with E-state index in [1.54, 1.807) is 0 Å². The van der Waals surface area contributed by atoms with Gasteiger partial charge >= 0.3 is 25.8 Å². The van der Waals surface area contributed by atoms with Crippen LogP contribution >= 0.6 is 0 Å². The van der Waals surface area contributed by atoms with E-state index in [9.17, 15) is 0 Å². The van der Waals surface area contributed by atoms with Crippen molar-refractivity contribution < 1.29 is 25.8 Å². The fourth-order valence-corrected chi connectivity index (χ4v) is 10.1. The summed E-state index contributed by atoms with van der Waals surface area (Å²) >= 11 is 0. The smallest absolute Gasteiger partial charge is 0.660 e. The van der Waals surface area contributed by atoms with E-state index in [1.807, 2.05) is 32.3 Å². The normalized spacial score (nSPS) is 26.1. The van der Waals surface area contributed by atoms with Crippen LogP contribution in [0.1, 0.15) is 45.6 Å². The van der Waals surface area contributed by atoms with Gasteiger partial charge in [-0.3, -0.25) is 4.90 Å². The van der Waals surface area contributed by atoms with Gasteiger partial charge in [-0.2, -0.15) is 18.6 Å². The minimum Gasteiger partial charge on any atom is -0.660 e. The predicted molar refractivity (Wildman–Crippen MR) is 150 cm³/mol. The fourth-order valence-electron chi connectivity index (χ4n) is 6.12. The zero-order chi connectivity index (χ0) is 23.5. The number of nitrogens with zero attached hydrogens (tertiary/aromatic N) is 3. The summed E-state index contributed by atoms with van der Waals surface area (Å²) in [5, 5.41) is 0. The molecule has 1 saturated carbocycles. The van der Waals surface area contributed by atoms with E-state index in [0.29, 0.717) is 0 Å². The van der Waals surface area contributed by atoms with Crippen molar-refractivity contribution in [2.45, 2.75) is 70.2 Å². The second-order valence-electron chi connectivity index (χ2n) is 11.5.